The summed E-state index contributed by atoms with van der Waals surface area (Å²) in [6.45, 7) is 3.00. The summed E-state index contributed by atoms with van der Waals surface area (Å²) >= 11 is 0. The van der Waals surface area contributed by atoms with Gasteiger partial charge in [-0.3, -0.25) is 0 Å². The highest BCUT2D eigenvalue weighted by Gasteiger charge is 2.02. The van der Waals surface area contributed by atoms with Gasteiger partial charge in [-0.2, -0.15) is 0 Å². The van der Waals surface area contributed by atoms with E-state index in [0.717, 1.165) is 18.8 Å². The van der Waals surface area contributed by atoms with Crippen LogP contribution < -0.4 is 11.1 Å². The number of nitrogen functional groups attached to an aromatic ring is 1. The highest BCUT2D eigenvalue weighted by Crippen LogP contribution is 2.12. The smallest absolute Gasteiger partial charge is 0.179 e. The van der Waals surface area contributed by atoms with Crippen molar-refractivity contribution in [3.05, 3.63) is 18.6 Å². The average Bonchev–Trinajstić information content (AvgIpc) is 2.63. The van der Waals surface area contributed by atoms with Crippen LogP contribution in [0.5, 0.6) is 0 Å². The number of nitrogens with two attached hydrogens (primary N) is 1. The fourth-order valence-corrected chi connectivity index (χ4v) is 1.29. The van der Waals surface area contributed by atoms with Crippen LogP contribution in [0.15, 0.2) is 18.6 Å². The Morgan fingerprint density at radius 2 is 2.43 bits per heavy atom. The van der Waals surface area contributed by atoms with Gasteiger partial charge in [0.1, 0.15) is 5.82 Å². The van der Waals surface area contributed by atoms with E-state index < -0.39 is 0 Å². The zero-order chi connectivity index (χ0) is 9.97. The Morgan fingerprint density at radius 1 is 1.57 bits per heavy atom. The van der Waals surface area contributed by atoms with Gasteiger partial charge in [0.25, 0.3) is 0 Å². The summed E-state index contributed by atoms with van der Waals surface area (Å²) in [5.41, 5.74) is 6.44. The van der Waals surface area contributed by atoms with E-state index >= 15 is 0 Å². The van der Waals surface area contributed by atoms with Crippen LogP contribution in [-0.2, 0) is 0 Å². The molecule has 0 aliphatic carbocycles. The molecule has 3 N–H and O–H groups in total. The van der Waals surface area contributed by atoms with Crippen LogP contribution >= 0.6 is 0 Å². The molecule has 2 heterocycles. The highest BCUT2D eigenvalue weighted by atomic mass is 15.1. The average molecular weight is 191 g/mol. The van der Waals surface area contributed by atoms with Gasteiger partial charge < -0.3 is 15.5 Å². The first kappa shape index (κ1) is 8.80. The number of anilines is 2. The van der Waals surface area contributed by atoms with Crippen molar-refractivity contribution in [3.8, 4) is 0 Å². The molecule has 74 valence electrons. The first-order chi connectivity index (χ1) is 6.81. The van der Waals surface area contributed by atoms with Crippen molar-refractivity contribution in [3.63, 3.8) is 0 Å². The molecule has 0 atom stereocenters. The van der Waals surface area contributed by atoms with Gasteiger partial charge in [0.2, 0.25) is 0 Å². The third-order valence-corrected chi connectivity index (χ3v) is 1.96. The molecular weight excluding hydrogens is 178 g/mol. The lowest BCUT2D eigenvalue weighted by Gasteiger charge is -2.05. The number of imidazole rings is 1. The first-order valence-corrected chi connectivity index (χ1v) is 4.64. The summed E-state index contributed by atoms with van der Waals surface area (Å²) in [5, 5.41) is 3.18. The van der Waals surface area contributed by atoms with Crippen molar-refractivity contribution < 1.29 is 0 Å². The topological polar surface area (TPSA) is 68.2 Å². The van der Waals surface area contributed by atoms with Crippen LogP contribution in [0.25, 0.3) is 5.65 Å². The monoisotopic (exact) mass is 191 g/mol. The number of hydrogen-bond acceptors (Lipinski definition) is 4. The van der Waals surface area contributed by atoms with Crippen molar-refractivity contribution >= 4 is 17.3 Å². The Balaban J connectivity index is 2.38. The third kappa shape index (κ3) is 1.48. The Morgan fingerprint density at radius 3 is 3.21 bits per heavy atom. The number of fused-ring (bicyclic) bond motifs is 1. The van der Waals surface area contributed by atoms with Gasteiger partial charge >= 0.3 is 0 Å². The molecule has 5 nitrogen and oxygen atoms in total. The lowest BCUT2D eigenvalue weighted by atomic mass is 10.5. The fourth-order valence-electron chi connectivity index (χ4n) is 1.29. The number of nitrogens with zero attached hydrogens (tertiary/aromatic N) is 3. The number of nitrogens with one attached hydrogen (secondary N) is 1. The highest BCUT2D eigenvalue weighted by molar-refractivity contribution is 5.62. The van der Waals surface area contributed by atoms with Crippen molar-refractivity contribution in [2.75, 3.05) is 17.6 Å². The summed E-state index contributed by atoms with van der Waals surface area (Å²) in [6, 6.07) is 0. The van der Waals surface area contributed by atoms with E-state index in [4.69, 9.17) is 5.73 Å². The first-order valence-electron chi connectivity index (χ1n) is 4.64. The Hall–Kier alpha value is -1.78. The summed E-state index contributed by atoms with van der Waals surface area (Å²) in [4.78, 5) is 8.28. The molecule has 0 saturated carbocycles. The molecule has 0 fully saturated rings. The van der Waals surface area contributed by atoms with Crippen LogP contribution in [0.4, 0.5) is 11.6 Å². The maximum atomic E-state index is 5.74. The summed E-state index contributed by atoms with van der Waals surface area (Å²) in [7, 11) is 0. The molecule has 0 aliphatic rings. The van der Waals surface area contributed by atoms with E-state index in [9.17, 15) is 0 Å². The molecule has 0 radical (unpaired) electrons. The molecule has 0 aliphatic heterocycles. The lowest BCUT2D eigenvalue weighted by Crippen LogP contribution is -2.05. The second-order valence-electron chi connectivity index (χ2n) is 3.10. The van der Waals surface area contributed by atoms with Crippen LogP contribution in [0.3, 0.4) is 0 Å². The minimum absolute atomic E-state index is 0.455. The Labute approximate surface area is 82.0 Å². The summed E-state index contributed by atoms with van der Waals surface area (Å²) in [5.74, 6) is 1.24. The van der Waals surface area contributed by atoms with Gasteiger partial charge in [-0.25, -0.2) is 9.97 Å². The zero-order valence-corrected chi connectivity index (χ0v) is 8.07. The Bertz CT molecular complexity index is 434. The maximum absolute atomic E-state index is 5.74. The minimum Gasteiger partial charge on any atom is -0.381 e. The molecule has 0 aromatic carbocycles. The molecule has 0 spiro atoms. The van der Waals surface area contributed by atoms with Crippen LogP contribution in [0.1, 0.15) is 13.3 Å². The normalized spacial score (nSPS) is 10.6. The van der Waals surface area contributed by atoms with Gasteiger partial charge in [0, 0.05) is 18.9 Å². The maximum Gasteiger partial charge on any atom is 0.179 e. The van der Waals surface area contributed by atoms with E-state index in [2.05, 4.69) is 22.2 Å². The molecule has 2 rings (SSSR count). The summed E-state index contributed by atoms with van der Waals surface area (Å²) in [6.07, 6.45) is 6.50. The number of rotatable bonds is 3. The second kappa shape index (κ2) is 3.53. The van der Waals surface area contributed by atoms with Crippen LogP contribution in [0, 0.1) is 0 Å². The molecule has 0 unspecified atom stereocenters. The van der Waals surface area contributed by atoms with Crippen LogP contribution in [0.2, 0.25) is 0 Å². The van der Waals surface area contributed by atoms with Gasteiger partial charge in [-0.05, 0) is 6.42 Å². The van der Waals surface area contributed by atoms with E-state index in [1.165, 1.54) is 0 Å². The molecule has 0 amide bonds. The molecule has 0 saturated heterocycles. The SMILES string of the molecule is CCCNc1cn2ccnc2c(N)n1. The quantitative estimate of drug-likeness (QED) is 0.763. The van der Waals surface area contributed by atoms with Crippen molar-refractivity contribution in [2.24, 2.45) is 0 Å². The molecule has 5 heteroatoms. The van der Waals surface area contributed by atoms with E-state index in [1.54, 1.807) is 6.20 Å². The molecule has 0 bridgehead atoms. The van der Waals surface area contributed by atoms with E-state index in [0.29, 0.717) is 11.5 Å². The third-order valence-electron chi connectivity index (χ3n) is 1.96. The molecule has 2 aromatic rings. The summed E-state index contributed by atoms with van der Waals surface area (Å²) < 4.78 is 1.86. The predicted molar refractivity (Wildman–Crippen MR) is 56.2 cm³/mol. The van der Waals surface area contributed by atoms with Gasteiger partial charge in [0.15, 0.2) is 11.5 Å². The van der Waals surface area contributed by atoms with Crippen LogP contribution in [-0.4, -0.2) is 20.9 Å². The van der Waals surface area contributed by atoms with Gasteiger partial charge in [-0.1, -0.05) is 6.92 Å². The Kier molecular flexibility index (Phi) is 2.22. The van der Waals surface area contributed by atoms with Crippen molar-refractivity contribution in [1.82, 2.24) is 14.4 Å². The minimum atomic E-state index is 0.455. The molecule has 14 heavy (non-hydrogen) atoms. The second-order valence-corrected chi connectivity index (χ2v) is 3.10. The predicted octanol–water partition coefficient (Wildman–Crippen LogP) is 1.13. The van der Waals surface area contributed by atoms with Crippen molar-refractivity contribution in [1.29, 1.82) is 0 Å². The molecule has 2 aromatic heterocycles. The largest absolute Gasteiger partial charge is 0.381 e. The zero-order valence-electron chi connectivity index (χ0n) is 8.07. The van der Waals surface area contributed by atoms with E-state index in [-0.39, 0.29) is 0 Å². The van der Waals surface area contributed by atoms with Gasteiger partial charge in [-0.15, -0.1) is 0 Å². The molecular formula is C9H13N5. The standard InChI is InChI=1S/C9H13N5/c1-2-3-11-7-6-14-5-4-12-9(14)8(10)13-7/h4-6,11H,2-3H2,1H3,(H2,10,13). The fraction of sp³-hybridized carbons (Fsp3) is 0.333. The number of hydrogen-bond donors (Lipinski definition) is 2. The van der Waals surface area contributed by atoms with Gasteiger partial charge in [0.05, 0.1) is 6.20 Å². The lowest BCUT2D eigenvalue weighted by molar-refractivity contribution is 0.963. The number of aromatic nitrogens is 3. The van der Waals surface area contributed by atoms with E-state index in [1.807, 2.05) is 16.8 Å². The van der Waals surface area contributed by atoms with Crippen molar-refractivity contribution in [2.45, 2.75) is 13.3 Å².